The van der Waals surface area contributed by atoms with Gasteiger partial charge in [-0.2, -0.15) is 9.94 Å². The number of benzene rings is 1. The molecule has 0 unspecified atom stereocenters. The summed E-state index contributed by atoms with van der Waals surface area (Å²) >= 11 is 0. The fraction of sp³-hybridized carbons (Fsp3) is 0.167. The normalized spacial score (nSPS) is 9.88. The Hall–Kier alpha value is -2.48. The highest BCUT2D eigenvalue weighted by Gasteiger charge is 2.16. The lowest BCUT2D eigenvalue weighted by atomic mass is 10.1. The molecule has 0 N–H and O–H groups in total. The molecule has 17 heavy (non-hydrogen) atoms. The largest absolute Gasteiger partial charge is 0.273 e. The number of nitriles is 1. The summed E-state index contributed by atoms with van der Waals surface area (Å²) in [7, 11) is 0. The van der Waals surface area contributed by atoms with E-state index in [2.05, 4.69) is 10.3 Å². The van der Waals surface area contributed by atoms with E-state index in [4.69, 9.17) is 5.26 Å². The van der Waals surface area contributed by atoms with Gasteiger partial charge in [-0.3, -0.25) is 4.79 Å². The fourth-order valence-electron chi connectivity index (χ4n) is 1.61. The second-order valence-corrected chi connectivity index (χ2v) is 3.52. The van der Waals surface area contributed by atoms with Crippen LogP contribution in [0.25, 0.3) is 11.3 Å². The molecule has 84 valence electrons. The van der Waals surface area contributed by atoms with Gasteiger partial charge in [-0.25, -0.2) is 0 Å². The first kappa shape index (κ1) is 11.0. The summed E-state index contributed by atoms with van der Waals surface area (Å²) in [5.41, 5.74) is 1.95. The van der Waals surface area contributed by atoms with Crippen molar-refractivity contribution in [2.24, 2.45) is 0 Å². The maximum absolute atomic E-state index is 11.4. The number of carbonyl (C=O) groups is 1. The van der Waals surface area contributed by atoms with Crippen molar-refractivity contribution in [1.29, 1.82) is 5.26 Å². The van der Waals surface area contributed by atoms with Gasteiger partial charge in [0.05, 0.1) is 12.5 Å². The molecule has 0 spiro atoms. The summed E-state index contributed by atoms with van der Waals surface area (Å²) in [5.74, 6) is -0.222. The number of rotatable bonds is 2. The molecule has 0 saturated carbocycles. The molecule has 0 aliphatic heterocycles. The quantitative estimate of drug-likeness (QED) is 0.780. The average molecular weight is 226 g/mol. The molecule has 2 rings (SSSR count). The fourth-order valence-corrected chi connectivity index (χ4v) is 1.61. The predicted molar refractivity (Wildman–Crippen MR) is 61.1 cm³/mol. The van der Waals surface area contributed by atoms with Gasteiger partial charge in [0, 0.05) is 12.5 Å². The van der Waals surface area contributed by atoms with Crippen LogP contribution in [-0.2, 0) is 6.42 Å². The second kappa shape index (κ2) is 4.58. The molecular weight excluding hydrogens is 216 g/mol. The van der Waals surface area contributed by atoms with Crippen LogP contribution in [0.3, 0.4) is 0 Å². The number of carbonyl (C=O) groups excluding carboxylic acids is 1. The van der Waals surface area contributed by atoms with Crippen molar-refractivity contribution in [2.45, 2.75) is 13.3 Å². The first-order chi connectivity index (χ1) is 8.24. The van der Waals surface area contributed by atoms with Gasteiger partial charge in [0.2, 0.25) is 5.91 Å². The number of hydrogen-bond acceptors (Lipinski definition) is 4. The van der Waals surface area contributed by atoms with Crippen molar-refractivity contribution in [2.75, 3.05) is 0 Å². The van der Waals surface area contributed by atoms with Crippen molar-refractivity contribution < 1.29 is 4.79 Å². The van der Waals surface area contributed by atoms with Gasteiger partial charge >= 0.3 is 0 Å². The third-order valence-electron chi connectivity index (χ3n) is 2.33. The highest BCUT2D eigenvalue weighted by molar-refractivity contribution is 5.81. The third kappa shape index (κ3) is 2.06. The van der Waals surface area contributed by atoms with Crippen LogP contribution in [0.5, 0.6) is 0 Å². The average Bonchev–Trinajstić information content (AvgIpc) is 2.74. The van der Waals surface area contributed by atoms with Crippen molar-refractivity contribution in [3.63, 3.8) is 0 Å². The van der Waals surface area contributed by atoms with E-state index < -0.39 is 0 Å². The standard InChI is InChI=1S/C12H10N4O/c1-9(17)16-12(10-5-3-2-4-6-10)11(7-8-13)14-15-16/h2-6H,7H2,1H3. The maximum atomic E-state index is 11.4. The van der Waals surface area contributed by atoms with E-state index in [1.807, 2.05) is 36.4 Å². The minimum Gasteiger partial charge on any atom is -0.273 e. The molecule has 0 amide bonds. The Labute approximate surface area is 98.3 Å². The van der Waals surface area contributed by atoms with Crippen LogP contribution in [0.4, 0.5) is 0 Å². The van der Waals surface area contributed by atoms with Gasteiger partial charge in [0.25, 0.3) is 0 Å². The molecule has 2 aromatic rings. The first-order valence-corrected chi connectivity index (χ1v) is 5.12. The van der Waals surface area contributed by atoms with Crippen LogP contribution >= 0.6 is 0 Å². The molecule has 0 saturated heterocycles. The summed E-state index contributed by atoms with van der Waals surface area (Å²) in [6.07, 6.45) is 0.136. The highest BCUT2D eigenvalue weighted by atomic mass is 16.2. The van der Waals surface area contributed by atoms with Gasteiger partial charge in [0.1, 0.15) is 11.4 Å². The van der Waals surface area contributed by atoms with E-state index >= 15 is 0 Å². The topological polar surface area (TPSA) is 71.6 Å². The molecule has 5 heteroatoms. The zero-order chi connectivity index (χ0) is 12.3. The minimum absolute atomic E-state index is 0.136. The second-order valence-electron chi connectivity index (χ2n) is 3.52. The van der Waals surface area contributed by atoms with E-state index in [1.54, 1.807) is 0 Å². The van der Waals surface area contributed by atoms with E-state index in [-0.39, 0.29) is 12.3 Å². The lowest BCUT2D eigenvalue weighted by molar-refractivity contribution is 0.0921. The Balaban J connectivity index is 2.61. The van der Waals surface area contributed by atoms with Crippen molar-refractivity contribution in [3.05, 3.63) is 36.0 Å². The molecule has 5 nitrogen and oxygen atoms in total. The highest BCUT2D eigenvalue weighted by Crippen LogP contribution is 2.22. The Morgan fingerprint density at radius 1 is 1.41 bits per heavy atom. The molecule has 0 fully saturated rings. The lowest BCUT2D eigenvalue weighted by Gasteiger charge is -2.03. The zero-order valence-corrected chi connectivity index (χ0v) is 9.29. The molecular formula is C12H10N4O. The SMILES string of the molecule is CC(=O)n1nnc(CC#N)c1-c1ccccc1. The molecule has 0 atom stereocenters. The van der Waals surface area contributed by atoms with Crippen LogP contribution in [-0.4, -0.2) is 20.9 Å². The summed E-state index contributed by atoms with van der Waals surface area (Å²) in [6.45, 7) is 1.41. The van der Waals surface area contributed by atoms with Crippen LogP contribution in [0.2, 0.25) is 0 Å². The Morgan fingerprint density at radius 2 is 2.12 bits per heavy atom. The molecule has 0 aliphatic rings. The first-order valence-electron chi connectivity index (χ1n) is 5.12. The van der Waals surface area contributed by atoms with E-state index in [9.17, 15) is 4.79 Å². The van der Waals surface area contributed by atoms with Crippen molar-refractivity contribution in [1.82, 2.24) is 15.0 Å². The van der Waals surface area contributed by atoms with E-state index in [0.29, 0.717) is 11.4 Å². The Kier molecular flexibility index (Phi) is 2.97. The molecule has 0 aliphatic carbocycles. The van der Waals surface area contributed by atoms with Crippen molar-refractivity contribution >= 4 is 5.91 Å². The molecule has 0 bridgehead atoms. The van der Waals surface area contributed by atoms with E-state index in [1.165, 1.54) is 11.6 Å². The number of hydrogen-bond donors (Lipinski definition) is 0. The Bertz CT molecular complexity index is 580. The lowest BCUT2D eigenvalue weighted by Crippen LogP contribution is -2.09. The third-order valence-corrected chi connectivity index (χ3v) is 2.33. The smallest absolute Gasteiger partial charge is 0.245 e. The van der Waals surface area contributed by atoms with Gasteiger partial charge in [0.15, 0.2) is 0 Å². The minimum atomic E-state index is -0.222. The van der Waals surface area contributed by atoms with Crippen LogP contribution in [0.15, 0.2) is 30.3 Å². The Morgan fingerprint density at radius 3 is 2.71 bits per heavy atom. The zero-order valence-electron chi connectivity index (χ0n) is 9.29. The van der Waals surface area contributed by atoms with Crippen LogP contribution < -0.4 is 0 Å². The van der Waals surface area contributed by atoms with E-state index in [0.717, 1.165) is 5.56 Å². The summed E-state index contributed by atoms with van der Waals surface area (Å²) in [6, 6.07) is 11.4. The van der Waals surface area contributed by atoms with Gasteiger partial charge in [-0.05, 0) is 0 Å². The molecule has 1 aromatic carbocycles. The van der Waals surface area contributed by atoms with Crippen LogP contribution in [0, 0.1) is 11.3 Å². The van der Waals surface area contributed by atoms with Gasteiger partial charge in [-0.15, -0.1) is 5.10 Å². The van der Waals surface area contributed by atoms with Gasteiger partial charge in [-0.1, -0.05) is 35.5 Å². The summed E-state index contributed by atoms with van der Waals surface area (Å²) < 4.78 is 1.22. The van der Waals surface area contributed by atoms with Gasteiger partial charge < -0.3 is 0 Å². The summed E-state index contributed by atoms with van der Waals surface area (Å²) in [5, 5.41) is 16.4. The maximum Gasteiger partial charge on any atom is 0.245 e. The number of nitrogens with zero attached hydrogens (tertiary/aromatic N) is 4. The summed E-state index contributed by atoms with van der Waals surface area (Å²) in [4.78, 5) is 11.4. The molecule has 1 aromatic heterocycles. The predicted octanol–water partition coefficient (Wildman–Crippen LogP) is 1.67. The number of aromatic nitrogens is 3. The molecule has 0 radical (unpaired) electrons. The monoisotopic (exact) mass is 226 g/mol. The van der Waals surface area contributed by atoms with Crippen LogP contribution in [0.1, 0.15) is 17.4 Å². The van der Waals surface area contributed by atoms with Crippen molar-refractivity contribution in [3.8, 4) is 17.3 Å². The molecule has 1 heterocycles.